The van der Waals surface area contributed by atoms with Crippen LogP contribution < -0.4 is 10.1 Å². The van der Waals surface area contributed by atoms with E-state index in [0.717, 1.165) is 49.4 Å². The highest BCUT2D eigenvalue weighted by molar-refractivity contribution is 5.95. The maximum absolute atomic E-state index is 13.4. The normalized spacial score (nSPS) is 17.4. The Kier molecular flexibility index (Phi) is 6.23. The molecule has 1 saturated heterocycles. The van der Waals surface area contributed by atoms with E-state index < -0.39 is 0 Å². The van der Waals surface area contributed by atoms with Gasteiger partial charge in [-0.25, -0.2) is 0 Å². The number of carbonyl (C=O) groups is 1. The monoisotopic (exact) mass is 353 g/mol. The van der Waals surface area contributed by atoms with Gasteiger partial charge in [-0.3, -0.25) is 9.78 Å². The first-order valence-electron chi connectivity index (χ1n) is 9.25. The maximum Gasteiger partial charge on any atom is 0.254 e. The van der Waals surface area contributed by atoms with Gasteiger partial charge in [-0.1, -0.05) is 12.1 Å². The number of nitrogens with one attached hydrogen (secondary N) is 1. The van der Waals surface area contributed by atoms with Crippen molar-refractivity contribution in [2.45, 2.75) is 38.8 Å². The van der Waals surface area contributed by atoms with Gasteiger partial charge in [0.2, 0.25) is 0 Å². The van der Waals surface area contributed by atoms with Crippen LogP contribution >= 0.6 is 0 Å². The number of pyridine rings is 1. The van der Waals surface area contributed by atoms with Gasteiger partial charge in [0.05, 0.1) is 19.3 Å². The lowest BCUT2D eigenvalue weighted by atomic mass is 10.0. The molecule has 138 valence electrons. The molecule has 1 unspecified atom stereocenters. The first kappa shape index (κ1) is 18.4. The van der Waals surface area contributed by atoms with E-state index in [2.05, 4.69) is 10.3 Å². The van der Waals surface area contributed by atoms with Crippen LogP contribution in [0.5, 0.6) is 5.75 Å². The minimum Gasteiger partial charge on any atom is -0.496 e. The van der Waals surface area contributed by atoms with Gasteiger partial charge >= 0.3 is 0 Å². The molecule has 1 N–H and O–H groups in total. The number of benzene rings is 1. The van der Waals surface area contributed by atoms with E-state index in [1.54, 1.807) is 13.3 Å². The highest BCUT2D eigenvalue weighted by Crippen LogP contribution is 2.23. The summed E-state index contributed by atoms with van der Waals surface area (Å²) in [5.41, 5.74) is 2.61. The lowest BCUT2D eigenvalue weighted by Gasteiger charge is -2.31. The molecule has 5 heteroatoms. The van der Waals surface area contributed by atoms with Crippen LogP contribution in [0.1, 0.15) is 40.9 Å². The predicted molar refractivity (Wildman–Crippen MR) is 102 cm³/mol. The molecule has 1 atom stereocenters. The van der Waals surface area contributed by atoms with Crippen LogP contribution in [0, 0.1) is 6.92 Å². The van der Waals surface area contributed by atoms with E-state index in [4.69, 9.17) is 4.74 Å². The number of carbonyl (C=O) groups excluding carboxylic acids is 1. The van der Waals surface area contributed by atoms with Crippen LogP contribution in [0.25, 0.3) is 0 Å². The molecule has 0 bridgehead atoms. The fourth-order valence-corrected chi connectivity index (χ4v) is 3.46. The van der Waals surface area contributed by atoms with Gasteiger partial charge in [0.25, 0.3) is 5.91 Å². The largest absolute Gasteiger partial charge is 0.496 e. The van der Waals surface area contributed by atoms with Crippen molar-refractivity contribution in [2.24, 2.45) is 0 Å². The van der Waals surface area contributed by atoms with Crippen molar-refractivity contribution in [3.8, 4) is 5.75 Å². The second-order valence-electron chi connectivity index (χ2n) is 6.77. The number of methoxy groups -OCH3 is 1. The van der Waals surface area contributed by atoms with Crippen molar-refractivity contribution in [1.29, 1.82) is 0 Å². The number of hydrogen-bond acceptors (Lipinski definition) is 4. The number of aryl methyl sites for hydroxylation is 1. The zero-order valence-corrected chi connectivity index (χ0v) is 15.6. The number of amides is 1. The quantitative estimate of drug-likeness (QED) is 0.897. The molecule has 1 amide bonds. The van der Waals surface area contributed by atoms with E-state index >= 15 is 0 Å². The highest BCUT2D eigenvalue weighted by atomic mass is 16.5. The zero-order chi connectivity index (χ0) is 18.4. The van der Waals surface area contributed by atoms with Gasteiger partial charge in [0.1, 0.15) is 5.75 Å². The number of aromatic nitrogens is 1. The second-order valence-corrected chi connectivity index (χ2v) is 6.77. The summed E-state index contributed by atoms with van der Waals surface area (Å²) < 4.78 is 5.41. The summed E-state index contributed by atoms with van der Waals surface area (Å²) in [6, 6.07) is 11.7. The van der Waals surface area contributed by atoms with E-state index in [-0.39, 0.29) is 11.9 Å². The first-order chi connectivity index (χ1) is 12.7. The third-order valence-corrected chi connectivity index (χ3v) is 4.96. The molecule has 0 saturated carbocycles. The number of nitrogens with zero attached hydrogens (tertiary/aromatic N) is 2. The van der Waals surface area contributed by atoms with Crippen molar-refractivity contribution < 1.29 is 9.53 Å². The molecule has 5 nitrogen and oxygen atoms in total. The third kappa shape index (κ3) is 4.41. The third-order valence-electron chi connectivity index (χ3n) is 4.96. The van der Waals surface area contributed by atoms with Gasteiger partial charge in [-0.15, -0.1) is 0 Å². The molecule has 0 spiro atoms. The van der Waals surface area contributed by atoms with E-state index in [1.165, 1.54) is 0 Å². The lowest BCUT2D eigenvalue weighted by Crippen LogP contribution is -2.40. The van der Waals surface area contributed by atoms with Crippen LogP contribution in [0.2, 0.25) is 0 Å². The van der Waals surface area contributed by atoms with Gasteiger partial charge in [0, 0.05) is 17.8 Å². The summed E-state index contributed by atoms with van der Waals surface area (Å²) in [5, 5.41) is 3.43. The fraction of sp³-hybridized carbons (Fsp3) is 0.429. The molecule has 2 heterocycles. The van der Waals surface area contributed by atoms with Crippen molar-refractivity contribution in [3.63, 3.8) is 0 Å². The van der Waals surface area contributed by atoms with Crippen molar-refractivity contribution >= 4 is 5.91 Å². The summed E-state index contributed by atoms with van der Waals surface area (Å²) in [7, 11) is 1.64. The Labute approximate surface area is 155 Å². The van der Waals surface area contributed by atoms with Gasteiger partial charge < -0.3 is 15.0 Å². The van der Waals surface area contributed by atoms with Crippen molar-refractivity contribution in [3.05, 3.63) is 59.4 Å². The molecule has 1 aromatic heterocycles. The average Bonchev–Trinajstić information content (AvgIpc) is 2.96. The SMILES string of the molecule is COc1cc(C(=O)N(Cc2ccccn2)C2CCCNCC2)ccc1C. The minimum atomic E-state index is 0.0425. The predicted octanol–water partition coefficient (Wildman–Crippen LogP) is 3.18. The topological polar surface area (TPSA) is 54.5 Å². The summed E-state index contributed by atoms with van der Waals surface area (Å²) in [4.78, 5) is 19.8. The molecule has 0 radical (unpaired) electrons. The Bertz CT molecular complexity index is 725. The standard InChI is InChI=1S/C21H27N3O2/c1-16-8-9-17(14-20(16)26-2)21(25)24(15-18-6-3-4-12-23-18)19-7-5-11-22-13-10-19/h3-4,6,8-9,12,14,19,22H,5,7,10-11,13,15H2,1-2H3. The Morgan fingerprint density at radius 3 is 2.92 bits per heavy atom. The summed E-state index contributed by atoms with van der Waals surface area (Å²) >= 11 is 0. The van der Waals surface area contributed by atoms with Crippen LogP contribution in [0.4, 0.5) is 0 Å². The molecule has 1 aromatic carbocycles. The summed E-state index contributed by atoms with van der Waals surface area (Å²) in [6.07, 6.45) is 4.82. The maximum atomic E-state index is 13.4. The van der Waals surface area contributed by atoms with Gasteiger partial charge in [-0.05, 0) is 69.1 Å². The minimum absolute atomic E-state index is 0.0425. The molecule has 1 aliphatic heterocycles. The Hall–Kier alpha value is -2.40. The number of rotatable bonds is 5. The van der Waals surface area contributed by atoms with E-state index in [9.17, 15) is 4.79 Å². The highest BCUT2D eigenvalue weighted by Gasteiger charge is 2.26. The summed E-state index contributed by atoms with van der Waals surface area (Å²) in [5.74, 6) is 0.789. The molecule has 0 aliphatic carbocycles. The van der Waals surface area contributed by atoms with Gasteiger partial charge in [0.15, 0.2) is 0 Å². The summed E-state index contributed by atoms with van der Waals surface area (Å²) in [6.45, 7) is 4.46. The fourth-order valence-electron chi connectivity index (χ4n) is 3.46. The molecule has 1 aliphatic rings. The Morgan fingerprint density at radius 1 is 1.27 bits per heavy atom. The first-order valence-corrected chi connectivity index (χ1v) is 9.25. The second kappa shape index (κ2) is 8.81. The van der Waals surface area contributed by atoms with E-state index in [0.29, 0.717) is 12.1 Å². The van der Waals surface area contributed by atoms with E-state index in [1.807, 2.05) is 48.2 Å². The number of hydrogen-bond donors (Lipinski definition) is 1. The Balaban J connectivity index is 1.89. The van der Waals surface area contributed by atoms with Crippen LogP contribution in [0.3, 0.4) is 0 Å². The molecular formula is C21H27N3O2. The van der Waals surface area contributed by atoms with Crippen molar-refractivity contribution in [1.82, 2.24) is 15.2 Å². The zero-order valence-electron chi connectivity index (χ0n) is 15.6. The molecule has 26 heavy (non-hydrogen) atoms. The number of ether oxygens (including phenoxy) is 1. The van der Waals surface area contributed by atoms with Gasteiger partial charge in [-0.2, -0.15) is 0 Å². The molecular weight excluding hydrogens is 326 g/mol. The molecule has 1 fully saturated rings. The van der Waals surface area contributed by atoms with Crippen LogP contribution in [-0.2, 0) is 6.54 Å². The average molecular weight is 353 g/mol. The smallest absolute Gasteiger partial charge is 0.254 e. The molecule has 2 aromatic rings. The molecule has 3 rings (SSSR count). The lowest BCUT2D eigenvalue weighted by molar-refractivity contribution is 0.0642. The Morgan fingerprint density at radius 2 is 2.15 bits per heavy atom. The van der Waals surface area contributed by atoms with Crippen molar-refractivity contribution in [2.75, 3.05) is 20.2 Å². The van der Waals surface area contributed by atoms with Crippen LogP contribution in [0.15, 0.2) is 42.6 Å². The van der Waals surface area contributed by atoms with Crippen LogP contribution in [-0.4, -0.2) is 42.0 Å².